The first kappa shape index (κ1) is 7.53. The van der Waals surface area contributed by atoms with E-state index in [1.54, 1.807) is 12.1 Å². The summed E-state index contributed by atoms with van der Waals surface area (Å²) < 4.78 is 0.896. The first-order valence-electron chi connectivity index (χ1n) is 2.76. The van der Waals surface area contributed by atoms with Crippen molar-refractivity contribution in [3.8, 4) is 0 Å². The minimum Gasteiger partial charge on any atom is -0.366 e. The molecule has 0 radical (unpaired) electrons. The smallest absolute Gasteiger partial charge is 0.249 e. The van der Waals surface area contributed by atoms with E-state index in [1.165, 1.54) is 0 Å². The zero-order chi connectivity index (χ0) is 7.56. The van der Waals surface area contributed by atoms with Crippen LogP contribution >= 0.6 is 22.6 Å². The molecule has 10 heavy (non-hydrogen) atoms. The summed E-state index contributed by atoms with van der Waals surface area (Å²) in [7, 11) is 0. The summed E-state index contributed by atoms with van der Waals surface area (Å²) in [5.74, 6) is -0.370. The lowest BCUT2D eigenvalue weighted by Crippen LogP contribution is -2.12. The van der Waals surface area contributed by atoms with Gasteiger partial charge in [0.1, 0.15) is 0 Å². The van der Waals surface area contributed by atoms with Gasteiger partial charge < -0.3 is 5.73 Å². The Morgan fingerprint density at radius 1 is 1.40 bits per heavy atom. The monoisotopic (exact) mass is 247 g/mol. The SMILES string of the molecule is NC(=O)c1ccccc1I. The molecule has 2 nitrogen and oxygen atoms in total. The van der Waals surface area contributed by atoms with E-state index in [1.807, 2.05) is 12.1 Å². The second-order valence-electron chi connectivity index (χ2n) is 1.84. The van der Waals surface area contributed by atoms with Gasteiger partial charge in [0.05, 0.1) is 5.56 Å². The first-order valence-corrected chi connectivity index (χ1v) is 3.84. The second kappa shape index (κ2) is 3.01. The van der Waals surface area contributed by atoms with Gasteiger partial charge in [-0.05, 0) is 34.7 Å². The molecule has 0 aliphatic carbocycles. The van der Waals surface area contributed by atoms with Crippen molar-refractivity contribution in [2.45, 2.75) is 0 Å². The van der Waals surface area contributed by atoms with Crippen molar-refractivity contribution in [3.63, 3.8) is 0 Å². The molecule has 0 aliphatic rings. The molecule has 2 N–H and O–H groups in total. The van der Waals surface area contributed by atoms with Crippen LogP contribution < -0.4 is 5.73 Å². The van der Waals surface area contributed by atoms with Crippen molar-refractivity contribution in [1.29, 1.82) is 0 Å². The lowest BCUT2D eigenvalue weighted by Gasteiger charge is -1.95. The summed E-state index contributed by atoms with van der Waals surface area (Å²) in [5.41, 5.74) is 5.66. The molecular weight excluding hydrogens is 241 g/mol. The molecule has 0 fully saturated rings. The number of hydrogen-bond acceptors (Lipinski definition) is 1. The van der Waals surface area contributed by atoms with Crippen LogP contribution in [-0.4, -0.2) is 5.91 Å². The Hall–Kier alpha value is -0.580. The Bertz CT molecular complexity index is 260. The molecule has 1 aromatic rings. The second-order valence-corrected chi connectivity index (χ2v) is 3.01. The molecule has 0 atom stereocenters. The van der Waals surface area contributed by atoms with Gasteiger partial charge in [-0.15, -0.1) is 0 Å². The molecule has 0 saturated heterocycles. The summed E-state index contributed by atoms with van der Waals surface area (Å²) in [5, 5.41) is 0. The van der Waals surface area contributed by atoms with Crippen LogP contribution in [0.1, 0.15) is 10.4 Å². The molecule has 0 aliphatic heterocycles. The van der Waals surface area contributed by atoms with Crippen molar-refractivity contribution in [1.82, 2.24) is 0 Å². The molecule has 1 rings (SSSR count). The molecule has 52 valence electrons. The van der Waals surface area contributed by atoms with Crippen molar-refractivity contribution in [2.24, 2.45) is 5.73 Å². The van der Waals surface area contributed by atoms with E-state index in [-0.39, 0.29) is 5.91 Å². The molecule has 3 heteroatoms. The van der Waals surface area contributed by atoms with Gasteiger partial charge >= 0.3 is 0 Å². The Morgan fingerprint density at radius 2 is 2.00 bits per heavy atom. The predicted molar refractivity (Wildman–Crippen MR) is 47.7 cm³/mol. The maximum Gasteiger partial charge on any atom is 0.249 e. The van der Waals surface area contributed by atoms with Crippen LogP contribution in [0.4, 0.5) is 0 Å². The highest BCUT2D eigenvalue weighted by atomic mass is 127. The highest BCUT2D eigenvalue weighted by molar-refractivity contribution is 14.1. The van der Waals surface area contributed by atoms with Crippen molar-refractivity contribution in [2.75, 3.05) is 0 Å². The Labute approximate surface area is 72.6 Å². The van der Waals surface area contributed by atoms with E-state index >= 15 is 0 Å². The average molecular weight is 247 g/mol. The van der Waals surface area contributed by atoms with Gasteiger partial charge in [0.2, 0.25) is 5.91 Å². The molecule has 1 aromatic carbocycles. The maximum atomic E-state index is 10.6. The van der Waals surface area contributed by atoms with Crippen LogP contribution in [0.25, 0.3) is 0 Å². The number of hydrogen-bond donors (Lipinski definition) is 1. The fourth-order valence-corrected chi connectivity index (χ4v) is 1.31. The number of benzene rings is 1. The minimum atomic E-state index is -0.370. The Morgan fingerprint density at radius 3 is 2.40 bits per heavy atom. The topological polar surface area (TPSA) is 43.1 Å². The van der Waals surface area contributed by atoms with Gasteiger partial charge in [-0.25, -0.2) is 0 Å². The molecular formula is C7H6INO. The van der Waals surface area contributed by atoms with E-state index in [2.05, 4.69) is 22.6 Å². The van der Waals surface area contributed by atoms with Gasteiger partial charge in [-0.2, -0.15) is 0 Å². The standard InChI is InChI=1S/C7H6INO/c8-6-4-2-1-3-5(6)7(9)10/h1-4H,(H2,9,10). The van der Waals surface area contributed by atoms with Gasteiger partial charge in [0, 0.05) is 3.57 Å². The third-order valence-electron chi connectivity index (χ3n) is 1.14. The Kier molecular flexibility index (Phi) is 2.26. The third-order valence-corrected chi connectivity index (χ3v) is 2.08. The van der Waals surface area contributed by atoms with Gasteiger partial charge in [-0.1, -0.05) is 12.1 Å². The van der Waals surface area contributed by atoms with Crippen LogP contribution in [-0.2, 0) is 0 Å². The first-order chi connectivity index (χ1) is 4.72. The van der Waals surface area contributed by atoms with Crippen molar-refractivity contribution < 1.29 is 4.79 Å². The number of carbonyl (C=O) groups excluding carboxylic acids is 1. The number of rotatable bonds is 1. The normalized spacial score (nSPS) is 9.30. The summed E-state index contributed by atoms with van der Waals surface area (Å²) >= 11 is 2.07. The number of carbonyl (C=O) groups is 1. The van der Waals surface area contributed by atoms with Crippen molar-refractivity contribution in [3.05, 3.63) is 33.4 Å². The van der Waals surface area contributed by atoms with Gasteiger partial charge in [0.15, 0.2) is 0 Å². The van der Waals surface area contributed by atoms with E-state index < -0.39 is 0 Å². The summed E-state index contributed by atoms with van der Waals surface area (Å²) in [6.45, 7) is 0. The lowest BCUT2D eigenvalue weighted by atomic mass is 10.2. The fourth-order valence-electron chi connectivity index (χ4n) is 0.661. The van der Waals surface area contributed by atoms with Crippen LogP contribution in [0.5, 0.6) is 0 Å². The molecule has 1 amide bonds. The number of primary amides is 1. The van der Waals surface area contributed by atoms with Crippen LogP contribution in [0.15, 0.2) is 24.3 Å². The zero-order valence-electron chi connectivity index (χ0n) is 5.17. The summed E-state index contributed by atoms with van der Waals surface area (Å²) in [6, 6.07) is 7.22. The summed E-state index contributed by atoms with van der Waals surface area (Å²) in [4.78, 5) is 10.6. The van der Waals surface area contributed by atoms with Crippen LogP contribution in [0.2, 0.25) is 0 Å². The van der Waals surface area contributed by atoms with Gasteiger partial charge in [-0.3, -0.25) is 4.79 Å². The highest BCUT2D eigenvalue weighted by Crippen LogP contribution is 2.09. The van der Waals surface area contributed by atoms with Crippen LogP contribution in [0, 0.1) is 3.57 Å². The number of nitrogens with two attached hydrogens (primary N) is 1. The summed E-state index contributed by atoms with van der Waals surface area (Å²) in [6.07, 6.45) is 0. The lowest BCUT2D eigenvalue weighted by molar-refractivity contribution is 0.0999. The number of amides is 1. The van der Waals surface area contributed by atoms with E-state index in [9.17, 15) is 4.79 Å². The van der Waals surface area contributed by atoms with E-state index in [4.69, 9.17) is 5.73 Å². The van der Waals surface area contributed by atoms with E-state index in [0.29, 0.717) is 5.56 Å². The maximum absolute atomic E-state index is 10.6. The molecule has 0 spiro atoms. The fraction of sp³-hybridized carbons (Fsp3) is 0. The molecule has 0 saturated carbocycles. The zero-order valence-corrected chi connectivity index (χ0v) is 7.33. The minimum absolute atomic E-state index is 0.370. The molecule has 0 bridgehead atoms. The van der Waals surface area contributed by atoms with E-state index in [0.717, 1.165) is 3.57 Å². The molecule has 0 aromatic heterocycles. The Balaban J connectivity index is 3.15. The van der Waals surface area contributed by atoms with Crippen LogP contribution in [0.3, 0.4) is 0 Å². The molecule has 0 unspecified atom stereocenters. The molecule has 0 heterocycles. The van der Waals surface area contributed by atoms with Gasteiger partial charge in [0.25, 0.3) is 0 Å². The third kappa shape index (κ3) is 1.47. The average Bonchev–Trinajstić information content (AvgIpc) is 1.88. The highest BCUT2D eigenvalue weighted by Gasteiger charge is 2.01. The number of halogens is 1. The predicted octanol–water partition coefficient (Wildman–Crippen LogP) is 1.39. The van der Waals surface area contributed by atoms with Crippen molar-refractivity contribution >= 4 is 28.5 Å². The largest absolute Gasteiger partial charge is 0.366 e. The quantitative estimate of drug-likeness (QED) is 0.748.